The zero-order valence-electron chi connectivity index (χ0n) is 13.8. The monoisotopic (exact) mass is 384 g/mol. The van der Waals surface area contributed by atoms with Gasteiger partial charge in [0.1, 0.15) is 0 Å². The van der Waals surface area contributed by atoms with Gasteiger partial charge < -0.3 is 19.4 Å². The van der Waals surface area contributed by atoms with Crippen molar-refractivity contribution in [2.75, 3.05) is 13.2 Å². The first-order valence-corrected chi connectivity index (χ1v) is 9.02. The van der Waals surface area contributed by atoms with Crippen LogP contribution in [0.1, 0.15) is 44.1 Å². The molecule has 0 saturated carbocycles. The number of benzene rings is 1. The third kappa shape index (κ3) is 5.58. The number of carboxylic acids is 1. The van der Waals surface area contributed by atoms with E-state index in [0.29, 0.717) is 28.6 Å². The zero-order valence-corrected chi connectivity index (χ0v) is 15.3. The molecule has 0 spiro atoms. The highest BCUT2D eigenvalue weighted by atomic mass is 35.5. The first-order chi connectivity index (χ1) is 12.0. The van der Waals surface area contributed by atoms with Gasteiger partial charge in [-0.1, -0.05) is 29.3 Å². The summed E-state index contributed by atoms with van der Waals surface area (Å²) in [6.07, 6.45) is 2.84. The lowest BCUT2D eigenvalue weighted by Crippen LogP contribution is -2.32. The zero-order chi connectivity index (χ0) is 18.3. The molecule has 1 aliphatic rings. The number of hydrogen-bond donors (Lipinski definition) is 0. The van der Waals surface area contributed by atoms with E-state index in [1.165, 1.54) is 0 Å². The van der Waals surface area contributed by atoms with E-state index in [-0.39, 0.29) is 25.7 Å². The molecule has 2 rings (SSSR count). The maximum atomic E-state index is 10.9. The number of ether oxygens (including phenoxy) is 2. The highest BCUT2D eigenvalue weighted by Crippen LogP contribution is 2.36. The molecule has 7 heteroatoms. The second kappa shape index (κ2) is 9.40. The summed E-state index contributed by atoms with van der Waals surface area (Å²) in [5.74, 6) is -1.20. The summed E-state index contributed by atoms with van der Waals surface area (Å²) in [4.78, 5) is 10.9. The van der Waals surface area contributed by atoms with Crippen LogP contribution in [0.3, 0.4) is 0 Å². The molecule has 136 valence electrons. The second-order valence-corrected chi connectivity index (χ2v) is 6.93. The number of carbonyl (C=O) groups is 1. The van der Waals surface area contributed by atoms with Crippen molar-refractivity contribution < 1.29 is 19.4 Å². The molecule has 0 amide bonds. The third-order valence-corrected chi connectivity index (χ3v) is 5.15. The normalized spacial score (nSPS) is 19.8. The van der Waals surface area contributed by atoms with E-state index < -0.39 is 11.4 Å². The number of nitrogens with zero attached hydrogens (tertiary/aromatic N) is 1. The Morgan fingerprint density at radius 1 is 1.36 bits per heavy atom. The van der Waals surface area contributed by atoms with Gasteiger partial charge in [-0.05, 0) is 56.2 Å². The average molecular weight is 385 g/mol. The molecular weight excluding hydrogens is 365 g/mol. The van der Waals surface area contributed by atoms with Gasteiger partial charge in [-0.15, -0.1) is 0 Å². The largest absolute Gasteiger partial charge is 0.550 e. The fourth-order valence-electron chi connectivity index (χ4n) is 2.91. The summed E-state index contributed by atoms with van der Waals surface area (Å²) >= 11 is 12.0. The Labute approximate surface area is 157 Å². The van der Waals surface area contributed by atoms with Gasteiger partial charge in [0.25, 0.3) is 0 Å². The smallest absolute Gasteiger partial charge is 0.157 e. The molecule has 5 nitrogen and oxygen atoms in total. The molecule has 2 unspecified atom stereocenters. The van der Waals surface area contributed by atoms with Crippen LogP contribution in [-0.2, 0) is 19.7 Å². The molecule has 0 aliphatic carbocycles. The number of carboxylic acid groups (broad SMARTS) is 1. The Hall–Kier alpha value is -1.32. The summed E-state index contributed by atoms with van der Waals surface area (Å²) in [5.41, 5.74) is -0.415. The number of hydrogen-bond acceptors (Lipinski definition) is 5. The fraction of sp³-hybridized carbons (Fsp3) is 0.556. The Bertz CT molecular complexity index is 640. The highest BCUT2D eigenvalue weighted by molar-refractivity contribution is 6.42. The second-order valence-electron chi connectivity index (χ2n) is 6.11. The van der Waals surface area contributed by atoms with Crippen LogP contribution in [0.25, 0.3) is 0 Å². The molecule has 0 radical (unpaired) electrons. The Balaban J connectivity index is 2.13. The summed E-state index contributed by atoms with van der Waals surface area (Å²) in [6.45, 7) is 0.955. The molecule has 0 aromatic heterocycles. The van der Waals surface area contributed by atoms with E-state index in [1.807, 2.05) is 0 Å². The standard InChI is InChI=1S/C18H21Cl2NO4/c19-14-5-4-13(11-15(14)20)18(12-21,7-6-16(22)23)8-10-25-17-3-1-2-9-24-17/h4-5,11,17H,1-3,6-10H2,(H,22,23)/p-1. The average Bonchev–Trinajstić information content (AvgIpc) is 2.61. The minimum absolute atomic E-state index is 0.110. The quantitative estimate of drug-likeness (QED) is 0.686. The van der Waals surface area contributed by atoms with Crippen LogP contribution < -0.4 is 5.11 Å². The molecule has 0 N–H and O–H groups in total. The van der Waals surface area contributed by atoms with Crippen molar-refractivity contribution >= 4 is 29.2 Å². The molecule has 25 heavy (non-hydrogen) atoms. The highest BCUT2D eigenvalue weighted by Gasteiger charge is 2.33. The molecule has 1 aromatic carbocycles. The van der Waals surface area contributed by atoms with Crippen LogP contribution in [-0.4, -0.2) is 25.5 Å². The lowest BCUT2D eigenvalue weighted by Gasteiger charge is -2.29. The van der Waals surface area contributed by atoms with Crippen LogP contribution in [0, 0.1) is 11.3 Å². The Morgan fingerprint density at radius 3 is 2.76 bits per heavy atom. The summed E-state index contributed by atoms with van der Waals surface area (Å²) < 4.78 is 11.2. The van der Waals surface area contributed by atoms with Gasteiger partial charge in [0.05, 0.1) is 28.1 Å². The first kappa shape index (κ1) is 20.0. The van der Waals surface area contributed by atoms with Gasteiger partial charge in [-0.3, -0.25) is 0 Å². The van der Waals surface area contributed by atoms with Crippen molar-refractivity contribution in [3.63, 3.8) is 0 Å². The topological polar surface area (TPSA) is 82.4 Å². The number of carbonyl (C=O) groups excluding carboxylic acids is 1. The first-order valence-electron chi connectivity index (χ1n) is 8.27. The van der Waals surface area contributed by atoms with Crippen molar-refractivity contribution in [1.82, 2.24) is 0 Å². The summed E-state index contributed by atoms with van der Waals surface area (Å²) in [7, 11) is 0. The van der Waals surface area contributed by atoms with Crippen molar-refractivity contribution in [3.05, 3.63) is 33.8 Å². The van der Waals surface area contributed by atoms with Crippen LogP contribution in [0.5, 0.6) is 0 Å². The number of nitriles is 1. The molecule has 1 aliphatic heterocycles. The lowest BCUT2D eigenvalue weighted by molar-refractivity contribution is -0.306. The van der Waals surface area contributed by atoms with Crippen LogP contribution >= 0.6 is 23.2 Å². The lowest BCUT2D eigenvalue weighted by atomic mass is 9.75. The summed E-state index contributed by atoms with van der Waals surface area (Å²) in [6, 6.07) is 7.17. The van der Waals surface area contributed by atoms with Gasteiger partial charge in [0.15, 0.2) is 6.29 Å². The Morgan fingerprint density at radius 2 is 2.16 bits per heavy atom. The maximum absolute atomic E-state index is 10.9. The SMILES string of the molecule is N#CC(CCOC1CCCCO1)(CCC(=O)[O-])c1ccc(Cl)c(Cl)c1. The predicted octanol–water partition coefficient (Wildman–Crippen LogP) is 3.22. The van der Waals surface area contributed by atoms with E-state index in [1.54, 1.807) is 18.2 Å². The van der Waals surface area contributed by atoms with Gasteiger partial charge in [0.2, 0.25) is 0 Å². The molecule has 2 atom stereocenters. The van der Waals surface area contributed by atoms with E-state index in [2.05, 4.69) is 6.07 Å². The Kier molecular flexibility index (Phi) is 7.52. The van der Waals surface area contributed by atoms with E-state index >= 15 is 0 Å². The molecule has 1 saturated heterocycles. The van der Waals surface area contributed by atoms with Crippen molar-refractivity contribution in [1.29, 1.82) is 5.26 Å². The van der Waals surface area contributed by atoms with Gasteiger partial charge in [-0.2, -0.15) is 5.26 Å². The van der Waals surface area contributed by atoms with Gasteiger partial charge >= 0.3 is 0 Å². The minimum atomic E-state index is -1.20. The minimum Gasteiger partial charge on any atom is -0.550 e. The van der Waals surface area contributed by atoms with E-state index in [4.69, 9.17) is 32.7 Å². The van der Waals surface area contributed by atoms with E-state index in [0.717, 1.165) is 19.3 Å². The number of aliphatic carboxylic acids is 1. The van der Waals surface area contributed by atoms with Crippen molar-refractivity contribution in [2.24, 2.45) is 0 Å². The van der Waals surface area contributed by atoms with Gasteiger partial charge in [0, 0.05) is 12.6 Å². The number of rotatable bonds is 8. The van der Waals surface area contributed by atoms with Gasteiger partial charge in [-0.25, -0.2) is 0 Å². The van der Waals surface area contributed by atoms with Crippen molar-refractivity contribution in [3.8, 4) is 6.07 Å². The summed E-state index contributed by atoms with van der Waals surface area (Å²) in [5, 5.41) is 21.4. The predicted molar refractivity (Wildman–Crippen MR) is 92.2 cm³/mol. The maximum Gasteiger partial charge on any atom is 0.157 e. The molecular formula is C18H20Cl2NO4-. The van der Waals surface area contributed by atoms with Crippen LogP contribution in [0.4, 0.5) is 0 Å². The molecule has 1 fully saturated rings. The van der Waals surface area contributed by atoms with Crippen LogP contribution in [0.2, 0.25) is 10.0 Å². The molecule has 0 bridgehead atoms. The number of halogens is 2. The third-order valence-electron chi connectivity index (χ3n) is 4.41. The van der Waals surface area contributed by atoms with Crippen molar-refractivity contribution in [2.45, 2.75) is 50.2 Å². The fourth-order valence-corrected chi connectivity index (χ4v) is 3.20. The van der Waals surface area contributed by atoms with E-state index in [9.17, 15) is 15.2 Å². The van der Waals surface area contributed by atoms with Crippen LogP contribution in [0.15, 0.2) is 18.2 Å². The molecule has 1 heterocycles. The molecule has 1 aromatic rings.